The van der Waals surface area contributed by atoms with Gasteiger partial charge >= 0.3 is 5.97 Å². The quantitative estimate of drug-likeness (QED) is 0.869. The molecule has 0 bridgehead atoms. The van der Waals surface area contributed by atoms with E-state index in [9.17, 15) is 4.79 Å². The van der Waals surface area contributed by atoms with Crippen molar-refractivity contribution >= 4 is 11.7 Å². The maximum Gasteiger partial charge on any atom is 0.340 e. The van der Waals surface area contributed by atoms with Gasteiger partial charge < -0.3 is 15.2 Å². The summed E-state index contributed by atoms with van der Waals surface area (Å²) >= 11 is 0. The van der Waals surface area contributed by atoms with E-state index >= 15 is 0 Å². The third-order valence-corrected chi connectivity index (χ3v) is 2.87. The van der Waals surface area contributed by atoms with Crippen LogP contribution in [0.3, 0.4) is 0 Å². The summed E-state index contributed by atoms with van der Waals surface area (Å²) in [6, 6.07) is 7.34. The summed E-state index contributed by atoms with van der Waals surface area (Å²) in [4.78, 5) is 15.6. The monoisotopic (exact) mass is 272 g/mol. The summed E-state index contributed by atoms with van der Waals surface area (Å²) in [5.41, 5.74) is 8.25. The Labute approximate surface area is 117 Å². The van der Waals surface area contributed by atoms with Gasteiger partial charge in [-0.3, -0.25) is 0 Å². The molecule has 2 aromatic rings. The van der Waals surface area contributed by atoms with Crippen LogP contribution in [0.25, 0.3) is 0 Å². The number of rotatable bonds is 3. The highest BCUT2D eigenvalue weighted by atomic mass is 16.5. The number of anilines is 1. The molecule has 5 nitrogen and oxygen atoms in total. The molecule has 5 heteroatoms. The minimum Gasteiger partial charge on any atom is -0.465 e. The van der Waals surface area contributed by atoms with E-state index in [2.05, 4.69) is 9.72 Å². The number of hydrogen-bond acceptors (Lipinski definition) is 5. The van der Waals surface area contributed by atoms with Crippen LogP contribution in [0.4, 0.5) is 5.69 Å². The number of hydrogen-bond donors (Lipinski definition) is 1. The van der Waals surface area contributed by atoms with E-state index in [1.54, 1.807) is 0 Å². The van der Waals surface area contributed by atoms with Gasteiger partial charge in [0.2, 0.25) is 5.88 Å². The second-order valence-electron chi connectivity index (χ2n) is 4.47. The standard InChI is InChI=1S/C15H16N2O3/c1-9-4-5-10(2)13(6-9)20-14-7-11(15(18)19-3)12(16)8-17-14/h4-8H,16H2,1-3H3. The van der Waals surface area contributed by atoms with Crippen LogP contribution in [0.2, 0.25) is 0 Å². The number of nitrogens with zero attached hydrogens (tertiary/aromatic N) is 1. The molecule has 0 aliphatic heterocycles. The topological polar surface area (TPSA) is 74.4 Å². The van der Waals surface area contributed by atoms with Crippen molar-refractivity contribution in [3.8, 4) is 11.6 Å². The van der Waals surface area contributed by atoms with Crippen molar-refractivity contribution in [2.24, 2.45) is 0 Å². The molecule has 0 radical (unpaired) electrons. The molecule has 0 aliphatic carbocycles. The largest absolute Gasteiger partial charge is 0.465 e. The van der Waals surface area contributed by atoms with Crippen molar-refractivity contribution in [3.05, 3.63) is 47.2 Å². The molecule has 0 saturated carbocycles. The molecule has 0 fully saturated rings. The molecule has 0 amide bonds. The van der Waals surface area contributed by atoms with Crippen molar-refractivity contribution in [1.29, 1.82) is 0 Å². The highest BCUT2D eigenvalue weighted by molar-refractivity contribution is 5.95. The smallest absolute Gasteiger partial charge is 0.340 e. The zero-order valence-electron chi connectivity index (χ0n) is 11.6. The first-order valence-electron chi connectivity index (χ1n) is 6.10. The highest BCUT2D eigenvalue weighted by Gasteiger charge is 2.13. The number of methoxy groups -OCH3 is 1. The Hall–Kier alpha value is -2.56. The Morgan fingerprint density at radius 2 is 2.00 bits per heavy atom. The molecular weight excluding hydrogens is 256 g/mol. The van der Waals surface area contributed by atoms with Crippen molar-refractivity contribution in [2.45, 2.75) is 13.8 Å². The molecule has 1 aromatic heterocycles. The SMILES string of the molecule is COC(=O)c1cc(Oc2cc(C)ccc2C)ncc1N. The number of ether oxygens (including phenoxy) is 2. The Morgan fingerprint density at radius 1 is 1.25 bits per heavy atom. The third kappa shape index (κ3) is 2.88. The van der Waals surface area contributed by atoms with Crippen LogP contribution in [0.1, 0.15) is 21.5 Å². The molecular formula is C15H16N2O3. The maximum atomic E-state index is 11.6. The molecule has 0 saturated heterocycles. The second-order valence-corrected chi connectivity index (χ2v) is 4.47. The van der Waals surface area contributed by atoms with Gasteiger partial charge in [0.15, 0.2) is 0 Å². The first-order valence-corrected chi connectivity index (χ1v) is 6.10. The number of nitrogens with two attached hydrogens (primary N) is 1. The number of carbonyl (C=O) groups excluding carboxylic acids is 1. The minimum absolute atomic E-state index is 0.239. The molecule has 104 valence electrons. The molecule has 1 aromatic carbocycles. The highest BCUT2D eigenvalue weighted by Crippen LogP contribution is 2.26. The number of carbonyl (C=O) groups is 1. The molecule has 2 rings (SSSR count). The van der Waals surface area contributed by atoms with Gasteiger partial charge in [-0.05, 0) is 31.0 Å². The Bertz CT molecular complexity index is 654. The van der Waals surface area contributed by atoms with Gasteiger partial charge in [-0.2, -0.15) is 0 Å². The number of esters is 1. The number of aryl methyl sites for hydroxylation is 2. The fraction of sp³-hybridized carbons (Fsp3) is 0.200. The summed E-state index contributed by atoms with van der Waals surface area (Å²) in [7, 11) is 1.30. The molecule has 20 heavy (non-hydrogen) atoms. The third-order valence-electron chi connectivity index (χ3n) is 2.87. The Balaban J connectivity index is 2.34. The normalized spacial score (nSPS) is 10.2. The zero-order valence-corrected chi connectivity index (χ0v) is 11.6. The molecule has 0 aliphatic rings. The lowest BCUT2D eigenvalue weighted by Crippen LogP contribution is -2.06. The molecule has 1 heterocycles. The van der Waals surface area contributed by atoms with Gasteiger partial charge in [0.1, 0.15) is 5.75 Å². The average Bonchev–Trinajstić information content (AvgIpc) is 2.44. The maximum absolute atomic E-state index is 11.6. The van der Waals surface area contributed by atoms with E-state index in [1.165, 1.54) is 19.4 Å². The number of benzene rings is 1. The molecule has 0 unspecified atom stereocenters. The lowest BCUT2D eigenvalue weighted by molar-refractivity contribution is 0.0601. The Morgan fingerprint density at radius 3 is 2.70 bits per heavy atom. The summed E-state index contributed by atoms with van der Waals surface area (Å²) in [5, 5.41) is 0. The average molecular weight is 272 g/mol. The van der Waals surface area contributed by atoms with E-state index in [4.69, 9.17) is 10.5 Å². The van der Waals surface area contributed by atoms with Gasteiger partial charge in [0.25, 0.3) is 0 Å². The van der Waals surface area contributed by atoms with E-state index in [0.717, 1.165) is 11.1 Å². The summed E-state index contributed by atoms with van der Waals surface area (Å²) in [6.07, 6.45) is 1.38. The van der Waals surface area contributed by atoms with Gasteiger partial charge in [0.05, 0.1) is 24.6 Å². The van der Waals surface area contributed by atoms with Crippen LogP contribution in [0.15, 0.2) is 30.5 Å². The minimum atomic E-state index is -0.518. The summed E-state index contributed by atoms with van der Waals surface area (Å²) < 4.78 is 10.4. The lowest BCUT2D eigenvalue weighted by atomic mass is 10.1. The van der Waals surface area contributed by atoms with Gasteiger partial charge in [-0.25, -0.2) is 9.78 Å². The fourth-order valence-electron chi connectivity index (χ4n) is 1.72. The van der Waals surface area contributed by atoms with Crippen LogP contribution in [0, 0.1) is 13.8 Å². The predicted molar refractivity (Wildman–Crippen MR) is 76.0 cm³/mol. The zero-order chi connectivity index (χ0) is 14.7. The van der Waals surface area contributed by atoms with E-state index in [1.807, 2.05) is 32.0 Å². The summed E-state index contributed by atoms with van der Waals surface area (Å²) in [6.45, 7) is 3.91. The molecule has 2 N–H and O–H groups in total. The first-order chi connectivity index (χ1) is 9.51. The van der Waals surface area contributed by atoms with Crippen molar-refractivity contribution in [1.82, 2.24) is 4.98 Å². The Kier molecular flexibility index (Phi) is 3.89. The van der Waals surface area contributed by atoms with Crippen molar-refractivity contribution in [2.75, 3.05) is 12.8 Å². The van der Waals surface area contributed by atoms with Crippen LogP contribution >= 0.6 is 0 Å². The van der Waals surface area contributed by atoms with Gasteiger partial charge in [0, 0.05) is 6.07 Å². The number of pyridine rings is 1. The fourth-order valence-corrected chi connectivity index (χ4v) is 1.72. The van der Waals surface area contributed by atoms with Crippen LogP contribution < -0.4 is 10.5 Å². The van der Waals surface area contributed by atoms with Crippen LogP contribution in [-0.2, 0) is 4.74 Å². The van der Waals surface area contributed by atoms with Crippen LogP contribution in [-0.4, -0.2) is 18.1 Å². The summed E-state index contributed by atoms with van der Waals surface area (Å²) in [5.74, 6) is 0.474. The van der Waals surface area contributed by atoms with E-state index in [0.29, 0.717) is 11.6 Å². The van der Waals surface area contributed by atoms with Gasteiger partial charge in [-0.1, -0.05) is 12.1 Å². The van der Waals surface area contributed by atoms with Crippen molar-refractivity contribution in [3.63, 3.8) is 0 Å². The first kappa shape index (κ1) is 13.9. The van der Waals surface area contributed by atoms with E-state index in [-0.39, 0.29) is 11.3 Å². The number of nitrogen functional groups attached to an aromatic ring is 1. The van der Waals surface area contributed by atoms with Crippen LogP contribution in [0.5, 0.6) is 11.6 Å². The second kappa shape index (κ2) is 5.61. The van der Waals surface area contributed by atoms with Crippen molar-refractivity contribution < 1.29 is 14.3 Å². The van der Waals surface area contributed by atoms with Gasteiger partial charge in [-0.15, -0.1) is 0 Å². The van der Waals surface area contributed by atoms with E-state index < -0.39 is 5.97 Å². The number of aromatic nitrogens is 1. The predicted octanol–water partition coefficient (Wildman–Crippen LogP) is 2.86. The molecule has 0 atom stereocenters. The molecule has 0 spiro atoms. The lowest BCUT2D eigenvalue weighted by Gasteiger charge is -2.10.